The standard InChI is InChI=1S/C15H19N3O3/c1-2-16-13(19)9-17-14(20)10-5-7-12(8-6-10)18-15(21)11-3-4-11/h5-8,11H,2-4,9H2,1H3,(H,16,19)(H,17,20)(H,18,21). The van der Waals surface area contributed by atoms with E-state index in [0.717, 1.165) is 12.8 Å². The van der Waals surface area contributed by atoms with Crippen molar-refractivity contribution in [3.8, 4) is 0 Å². The van der Waals surface area contributed by atoms with Gasteiger partial charge in [-0.3, -0.25) is 14.4 Å². The van der Waals surface area contributed by atoms with Crippen LogP contribution in [0.15, 0.2) is 24.3 Å². The van der Waals surface area contributed by atoms with Crippen molar-refractivity contribution in [2.75, 3.05) is 18.4 Å². The third-order valence-corrected chi connectivity index (χ3v) is 3.15. The van der Waals surface area contributed by atoms with Gasteiger partial charge in [0.1, 0.15) is 0 Å². The first-order chi connectivity index (χ1) is 10.1. The molecule has 0 bridgehead atoms. The van der Waals surface area contributed by atoms with Gasteiger partial charge in [0.05, 0.1) is 6.54 Å². The number of rotatable bonds is 6. The summed E-state index contributed by atoms with van der Waals surface area (Å²) in [6.45, 7) is 2.30. The highest BCUT2D eigenvalue weighted by atomic mass is 16.2. The Morgan fingerprint density at radius 3 is 2.33 bits per heavy atom. The third-order valence-electron chi connectivity index (χ3n) is 3.15. The quantitative estimate of drug-likeness (QED) is 0.727. The molecule has 0 heterocycles. The highest BCUT2D eigenvalue weighted by Gasteiger charge is 2.29. The summed E-state index contributed by atoms with van der Waals surface area (Å²) in [7, 11) is 0. The predicted octanol–water partition coefficient (Wildman–Crippen LogP) is 0.901. The van der Waals surface area contributed by atoms with Crippen molar-refractivity contribution in [2.45, 2.75) is 19.8 Å². The van der Waals surface area contributed by atoms with E-state index >= 15 is 0 Å². The smallest absolute Gasteiger partial charge is 0.251 e. The molecule has 1 aliphatic carbocycles. The van der Waals surface area contributed by atoms with Gasteiger partial charge in [0.15, 0.2) is 0 Å². The number of benzene rings is 1. The molecule has 0 unspecified atom stereocenters. The number of nitrogens with one attached hydrogen (secondary N) is 3. The van der Waals surface area contributed by atoms with Crippen LogP contribution in [0, 0.1) is 5.92 Å². The Hall–Kier alpha value is -2.37. The Kier molecular flexibility index (Phi) is 4.92. The Morgan fingerprint density at radius 1 is 1.10 bits per heavy atom. The van der Waals surface area contributed by atoms with Crippen LogP contribution >= 0.6 is 0 Å². The van der Waals surface area contributed by atoms with Crippen molar-refractivity contribution in [3.05, 3.63) is 29.8 Å². The van der Waals surface area contributed by atoms with Crippen LogP contribution < -0.4 is 16.0 Å². The molecule has 2 rings (SSSR count). The maximum Gasteiger partial charge on any atom is 0.251 e. The van der Waals surface area contributed by atoms with E-state index in [0.29, 0.717) is 17.8 Å². The second kappa shape index (κ2) is 6.88. The molecule has 0 saturated heterocycles. The molecule has 112 valence electrons. The molecular weight excluding hydrogens is 270 g/mol. The van der Waals surface area contributed by atoms with E-state index in [9.17, 15) is 14.4 Å². The topological polar surface area (TPSA) is 87.3 Å². The lowest BCUT2D eigenvalue weighted by atomic mass is 10.2. The summed E-state index contributed by atoms with van der Waals surface area (Å²) in [6, 6.07) is 6.60. The van der Waals surface area contributed by atoms with E-state index < -0.39 is 0 Å². The number of amides is 3. The molecule has 3 N–H and O–H groups in total. The van der Waals surface area contributed by atoms with Gasteiger partial charge in [0.25, 0.3) is 5.91 Å². The van der Waals surface area contributed by atoms with Crippen molar-refractivity contribution in [1.82, 2.24) is 10.6 Å². The minimum atomic E-state index is -0.318. The first-order valence-electron chi connectivity index (χ1n) is 7.06. The van der Waals surface area contributed by atoms with Gasteiger partial charge in [-0.1, -0.05) is 0 Å². The molecule has 1 aromatic carbocycles. The number of anilines is 1. The summed E-state index contributed by atoms with van der Waals surface area (Å²) >= 11 is 0. The minimum absolute atomic E-state index is 0.0310. The van der Waals surface area contributed by atoms with E-state index in [-0.39, 0.29) is 30.2 Å². The molecule has 6 nitrogen and oxygen atoms in total. The number of carbonyl (C=O) groups is 3. The zero-order chi connectivity index (χ0) is 15.2. The fourth-order valence-corrected chi connectivity index (χ4v) is 1.82. The molecule has 21 heavy (non-hydrogen) atoms. The lowest BCUT2D eigenvalue weighted by Gasteiger charge is -2.07. The van der Waals surface area contributed by atoms with Crippen LogP contribution in [0.25, 0.3) is 0 Å². The van der Waals surface area contributed by atoms with Gasteiger partial charge in [-0.05, 0) is 44.0 Å². The van der Waals surface area contributed by atoms with Crippen molar-refractivity contribution < 1.29 is 14.4 Å². The number of hydrogen-bond donors (Lipinski definition) is 3. The van der Waals surface area contributed by atoms with Crippen molar-refractivity contribution in [2.24, 2.45) is 5.92 Å². The summed E-state index contributed by atoms with van der Waals surface area (Å²) < 4.78 is 0. The number of carbonyl (C=O) groups excluding carboxylic acids is 3. The van der Waals surface area contributed by atoms with E-state index in [1.54, 1.807) is 24.3 Å². The molecule has 1 aromatic rings. The summed E-state index contributed by atoms with van der Waals surface area (Å²) in [5, 5.41) is 7.93. The molecule has 0 spiro atoms. The molecule has 0 radical (unpaired) electrons. The van der Waals surface area contributed by atoms with Gasteiger partial charge < -0.3 is 16.0 Å². The molecule has 1 aliphatic rings. The first-order valence-corrected chi connectivity index (χ1v) is 7.06. The molecule has 3 amide bonds. The number of likely N-dealkylation sites (N-methyl/N-ethyl adjacent to an activating group) is 1. The number of hydrogen-bond acceptors (Lipinski definition) is 3. The molecule has 1 fully saturated rings. The molecule has 6 heteroatoms. The van der Waals surface area contributed by atoms with Crippen LogP contribution in [0.3, 0.4) is 0 Å². The van der Waals surface area contributed by atoms with Crippen LogP contribution in [0.1, 0.15) is 30.1 Å². The lowest BCUT2D eigenvalue weighted by molar-refractivity contribution is -0.120. The SMILES string of the molecule is CCNC(=O)CNC(=O)c1ccc(NC(=O)C2CC2)cc1. The monoisotopic (exact) mass is 289 g/mol. The second-order valence-corrected chi connectivity index (χ2v) is 4.98. The zero-order valence-corrected chi connectivity index (χ0v) is 11.9. The maximum absolute atomic E-state index is 11.8. The summed E-state index contributed by atoms with van der Waals surface area (Å²) in [5.41, 5.74) is 1.12. The Balaban J connectivity index is 1.84. The minimum Gasteiger partial charge on any atom is -0.355 e. The Labute approximate surface area is 123 Å². The van der Waals surface area contributed by atoms with Crippen LogP contribution in [0.4, 0.5) is 5.69 Å². The fourth-order valence-electron chi connectivity index (χ4n) is 1.82. The average Bonchev–Trinajstić information content (AvgIpc) is 3.30. The summed E-state index contributed by atoms with van der Waals surface area (Å²) in [5.74, 6) is -0.367. The highest BCUT2D eigenvalue weighted by molar-refractivity contribution is 5.98. The normalized spacial score (nSPS) is 13.4. The largest absolute Gasteiger partial charge is 0.355 e. The van der Waals surface area contributed by atoms with E-state index in [2.05, 4.69) is 16.0 Å². The molecule has 1 saturated carbocycles. The molecular formula is C15H19N3O3. The van der Waals surface area contributed by atoms with Gasteiger partial charge in [0.2, 0.25) is 11.8 Å². The van der Waals surface area contributed by atoms with Gasteiger partial charge in [-0.15, -0.1) is 0 Å². The van der Waals surface area contributed by atoms with Gasteiger partial charge in [0, 0.05) is 23.7 Å². The highest BCUT2D eigenvalue weighted by Crippen LogP contribution is 2.30. The van der Waals surface area contributed by atoms with Crippen molar-refractivity contribution in [3.63, 3.8) is 0 Å². The van der Waals surface area contributed by atoms with Gasteiger partial charge in [-0.2, -0.15) is 0 Å². The van der Waals surface area contributed by atoms with E-state index in [1.165, 1.54) is 0 Å². The first kappa shape index (κ1) is 15.0. The maximum atomic E-state index is 11.8. The van der Waals surface area contributed by atoms with Crippen molar-refractivity contribution in [1.29, 1.82) is 0 Å². The fraction of sp³-hybridized carbons (Fsp3) is 0.400. The summed E-state index contributed by atoms with van der Waals surface area (Å²) in [4.78, 5) is 34.7. The lowest BCUT2D eigenvalue weighted by Crippen LogP contribution is -2.36. The van der Waals surface area contributed by atoms with Crippen LogP contribution in [-0.2, 0) is 9.59 Å². The predicted molar refractivity (Wildman–Crippen MR) is 78.8 cm³/mol. The van der Waals surface area contributed by atoms with Gasteiger partial charge in [-0.25, -0.2) is 0 Å². The van der Waals surface area contributed by atoms with E-state index in [4.69, 9.17) is 0 Å². The van der Waals surface area contributed by atoms with Crippen LogP contribution in [0.5, 0.6) is 0 Å². The summed E-state index contributed by atoms with van der Waals surface area (Å²) in [6.07, 6.45) is 1.90. The van der Waals surface area contributed by atoms with Gasteiger partial charge >= 0.3 is 0 Å². The van der Waals surface area contributed by atoms with Crippen LogP contribution in [0.2, 0.25) is 0 Å². The molecule has 0 aliphatic heterocycles. The Bertz CT molecular complexity index is 536. The van der Waals surface area contributed by atoms with Crippen molar-refractivity contribution >= 4 is 23.4 Å². The molecule has 0 atom stereocenters. The second-order valence-electron chi connectivity index (χ2n) is 4.98. The Morgan fingerprint density at radius 2 is 1.76 bits per heavy atom. The zero-order valence-electron chi connectivity index (χ0n) is 11.9. The third kappa shape index (κ3) is 4.59. The molecule has 0 aromatic heterocycles. The van der Waals surface area contributed by atoms with Crippen LogP contribution in [-0.4, -0.2) is 30.8 Å². The average molecular weight is 289 g/mol. The van der Waals surface area contributed by atoms with E-state index in [1.807, 2.05) is 6.92 Å².